The first-order chi connectivity index (χ1) is 11.2. The summed E-state index contributed by atoms with van der Waals surface area (Å²) >= 11 is 0. The number of rotatable bonds is 3. The van der Waals surface area contributed by atoms with E-state index in [-0.39, 0.29) is 31.4 Å². The molecule has 130 valence electrons. The van der Waals surface area contributed by atoms with Crippen LogP contribution in [0.3, 0.4) is 0 Å². The molecule has 0 amide bonds. The van der Waals surface area contributed by atoms with Gasteiger partial charge < -0.3 is 15.8 Å². The number of aromatic nitrogens is 5. The van der Waals surface area contributed by atoms with E-state index in [0.29, 0.717) is 11.6 Å². The number of nitrogens with two attached hydrogens (primary N) is 1. The van der Waals surface area contributed by atoms with Crippen molar-refractivity contribution in [2.75, 3.05) is 5.73 Å². The standard InChI is InChI=1S/C16H14N6O.2ClH/c17-14-7-10(3-4-18-14)16-19-5-6-22(16)11-1-2-12-13(8-11)21-15(9-23)20-12;;/h1-8,23H,9H2,(H2,17,18)(H,20,21);2*1H. The second kappa shape index (κ2) is 7.52. The summed E-state index contributed by atoms with van der Waals surface area (Å²) < 4.78 is 1.97. The highest BCUT2D eigenvalue weighted by atomic mass is 35.5. The number of aromatic amines is 1. The maximum absolute atomic E-state index is 9.18. The molecule has 1 aromatic carbocycles. The maximum atomic E-state index is 9.18. The molecule has 3 aromatic heterocycles. The van der Waals surface area contributed by atoms with E-state index in [4.69, 9.17) is 5.73 Å². The predicted octanol–water partition coefficient (Wildman–Crippen LogP) is 2.73. The Bertz CT molecular complexity index is 997. The van der Waals surface area contributed by atoms with Crippen LogP contribution in [0.2, 0.25) is 0 Å². The monoisotopic (exact) mass is 378 g/mol. The number of hydrogen-bond donors (Lipinski definition) is 3. The molecular formula is C16H16Cl2N6O. The van der Waals surface area contributed by atoms with E-state index >= 15 is 0 Å². The Morgan fingerprint density at radius 2 is 1.92 bits per heavy atom. The van der Waals surface area contributed by atoms with E-state index in [1.54, 1.807) is 18.5 Å². The van der Waals surface area contributed by atoms with Crippen LogP contribution in [0, 0.1) is 0 Å². The van der Waals surface area contributed by atoms with Crippen LogP contribution >= 0.6 is 24.8 Å². The Hall–Kier alpha value is -2.61. The molecule has 4 N–H and O–H groups in total. The van der Waals surface area contributed by atoms with Crippen LogP contribution in [-0.4, -0.2) is 29.6 Å². The SMILES string of the molecule is Cl.Cl.Nc1cc(-c2nccn2-c2ccc3nc(CO)[nH]c3c2)ccn1. The van der Waals surface area contributed by atoms with Crippen molar-refractivity contribution in [3.63, 3.8) is 0 Å². The first-order valence-corrected chi connectivity index (χ1v) is 7.10. The fraction of sp³-hybridized carbons (Fsp3) is 0.0625. The number of fused-ring (bicyclic) bond motifs is 1. The number of H-pyrrole nitrogens is 1. The van der Waals surface area contributed by atoms with Gasteiger partial charge in [0.1, 0.15) is 24.1 Å². The summed E-state index contributed by atoms with van der Waals surface area (Å²) in [6.07, 6.45) is 5.29. The van der Waals surface area contributed by atoms with Gasteiger partial charge in [-0.25, -0.2) is 15.0 Å². The van der Waals surface area contributed by atoms with Gasteiger partial charge in [0.2, 0.25) is 0 Å². The van der Waals surface area contributed by atoms with Gasteiger partial charge in [-0.05, 0) is 30.3 Å². The lowest BCUT2D eigenvalue weighted by atomic mass is 10.2. The highest BCUT2D eigenvalue weighted by Crippen LogP contribution is 2.24. The topological polar surface area (TPSA) is 106 Å². The van der Waals surface area contributed by atoms with E-state index in [1.165, 1.54) is 0 Å². The molecule has 0 atom stereocenters. The van der Waals surface area contributed by atoms with Gasteiger partial charge in [0.15, 0.2) is 0 Å². The highest BCUT2D eigenvalue weighted by Gasteiger charge is 2.10. The minimum atomic E-state index is -0.114. The smallest absolute Gasteiger partial charge is 0.144 e. The van der Waals surface area contributed by atoms with Crippen molar-refractivity contribution in [2.45, 2.75) is 6.61 Å². The summed E-state index contributed by atoms with van der Waals surface area (Å²) in [7, 11) is 0. The molecule has 0 unspecified atom stereocenters. The van der Waals surface area contributed by atoms with Crippen molar-refractivity contribution < 1.29 is 5.11 Å². The van der Waals surface area contributed by atoms with E-state index in [9.17, 15) is 5.11 Å². The third-order valence-electron chi connectivity index (χ3n) is 3.62. The third-order valence-corrected chi connectivity index (χ3v) is 3.62. The molecule has 0 radical (unpaired) electrons. The number of aliphatic hydroxyl groups excluding tert-OH is 1. The number of nitrogens with one attached hydrogen (secondary N) is 1. The number of anilines is 1. The van der Waals surface area contributed by atoms with Crippen molar-refractivity contribution in [1.82, 2.24) is 24.5 Å². The minimum absolute atomic E-state index is 0. The average molecular weight is 379 g/mol. The lowest BCUT2D eigenvalue weighted by molar-refractivity contribution is 0.273. The summed E-state index contributed by atoms with van der Waals surface area (Å²) in [5.41, 5.74) is 9.27. The van der Waals surface area contributed by atoms with Crippen LogP contribution in [0.4, 0.5) is 5.82 Å². The zero-order valence-corrected chi connectivity index (χ0v) is 14.6. The fourth-order valence-corrected chi connectivity index (χ4v) is 2.59. The summed E-state index contributed by atoms with van der Waals surface area (Å²) in [5.74, 6) is 1.78. The summed E-state index contributed by atoms with van der Waals surface area (Å²) in [6.45, 7) is -0.114. The van der Waals surface area contributed by atoms with Crippen LogP contribution in [0.1, 0.15) is 5.82 Å². The molecule has 0 bridgehead atoms. The predicted molar refractivity (Wildman–Crippen MR) is 101 cm³/mol. The number of pyridine rings is 1. The largest absolute Gasteiger partial charge is 0.388 e. The molecule has 0 fully saturated rings. The number of aliphatic hydroxyl groups is 1. The first kappa shape index (κ1) is 18.7. The second-order valence-electron chi connectivity index (χ2n) is 5.13. The van der Waals surface area contributed by atoms with Gasteiger partial charge in [0.25, 0.3) is 0 Å². The number of imidazole rings is 2. The van der Waals surface area contributed by atoms with Crippen molar-refractivity contribution in [3.05, 3.63) is 54.7 Å². The Kier molecular flexibility index (Phi) is 5.63. The molecule has 7 nitrogen and oxygen atoms in total. The Labute approximate surface area is 155 Å². The second-order valence-corrected chi connectivity index (χ2v) is 5.13. The maximum Gasteiger partial charge on any atom is 0.144 e. The first-order valence-electron chi connectivity index (χ1n) is 7.10. The zero-order valence-electron chi connectivity index (χ0n) is 13.0. The summed E-state index contributed by atoms with van der Waals surface area (Å²) in [4.78, 5) is 15.8. The molecule has 0 spiro atoms. The van der Waals surface area contributed by atoms with Crippen molar-refractivity contribution in [3.8, 4) is 17.1 Å². The van der Waals surface area contributed by atoms with Crippen molar-refractivity contribution in [2.24, 2.45) is 0 Å². The average Bonchev–Trinajstić information content (AvgIpc) is 3.20. The van der Waals surface area contributed by atoms with Crippen LogP contribution in [-0.2, 0) is 6.61 Å². The fourth-order valence-electron chi connectivity index (χ4n) is 2.59. The Balaban J connectivity index is 0.00000113. The van der Waals surface area contributed by atoms with Gasteiger partial charge in [-0.2, -0.15) is 0 Å². The van der Waals surface area contributed by atoms with Crippen LogP contribution in [0.25, 0.3) is 28.1 Å². The number of benzene rings is 1. The van der Waals surface area contributed by atoms with Crippen LogP contribution in [0.15, 0.2) is 48.9 Å². The number of halogens is 2. The molecule has 0 saturated heterocycles. The lowest BCUT2D eigenvalue weighted by Gasteiger charge is -2.08. The number of nitrogen functional groups attached to an aromatic ring is 1. The molecule has 0 saturated carbocycles. The third kappa shape index (κ3) is 3.43. The van der Waals surface area contributed by atoms with Crippen molar-refractivity contribution in [1.29, 1.82) is 0 Å². The minimum Gasteiger partial charge on any atom is -0.388 e. The summed E-state index contributed by atoms with van der Waals surface area (Å²) in [6, 6.07) is 9.49. The summed E-state index contributed by atoms with van der Waals surface area (Å²) in [5, 5.41) is 9.18. The molecule has 0 aliphatic rings. The number of hydrogen-bond acceptors (Lipinski definition) is 5. The van der Waals surface area contributed by atoms with Gasteiger partial charge in [-0.3, -0.25) is 4.57 Å². The Morgan fingerprint density at radius 1 is 1.08 bits per heavy atom. The molecule has 4 aromatic rings. The van der Waals surface area contributed by atoms with Crippen LogP contribution in [0.5, 0.6) is 0 Å². The van der Waals surface area contributed by atoms with Gasteiger partial charge in [0, 0.05) is 29.8 Å². The molecule has 9 heteroatoms. The highest BCUT2D eigenvalue weighted by molar-refractivity contribution is 5.85. The normalized spacial score (nSPS) is 10.3. The molecule has 4 rings (SSSR count). The Morgan fingerprint density at radius 3 is 2.68 bits per heavy atom. The van der Waals surface area contributed by atoms with E-state index in [2.05, 4.69) is 19.9 Å². The molecular weight excluding hydrogens is 363 g/mol. The quantitative estimate of drug-likeness (QED) is 0.508. The van der Waals surface area contributed by atoms with E-state index < -0.39 is 0 Å². The molecule has 0 aliphatic heterocycles. The molecule has 0 aliphatic carbocycles. The van der Waals surface area contributed by atoms with Gasteiger partial charge >= 0.3 is 0 Å². The van der Waals surface area contributed by atoms with Crippen LogP contribution < -0.4 is 5.73 Å². The zero-order chi connectivity index (χ0) is 15.8. The number of nitrogens with zero attached hydrogens (tertiary/aromatic N) is 4. The van der Waals surface area contributed by atoms with Crippen molar-refractivity contribution >= 4 is 41.7 Å². The molecule has 25 heavy (non-hydrogen) atoms. The lowest BCUT2D eigenvalue weighted by Crippen LogP contribution is -1.97. The van der Waals surface area contributed by atoms with Gasteiger partial charge in [-0.1, -0.05) is 0 Å². The van der Waals surface area contributed by atoms with E-state index in [1.807, 2.05) is 35.0 Å². The molecule has 3 heterocycles. The van der Waals surface area contributed by atoms with E-state index in [0.717, 1.165) is 28.1 Å². The van der Waals surface area contributed by atoms with Gasteiger partial charge in [0.05, 0.1) is 11.0 Å². The van der Waals surface area contributed by atoms with Gasteiger partial charge in [-0.15, -0.1) is 24.8 Å².